The van der Waals surface area contributed by atoms with Crippen LogP contribution in [0.25, 0.3) is 0 Å². The molecule has 0 fully saturated rings. The van der Waals surface area contributed by atoms with Gasteiger partial charge in [-0.25, -0.2) is 0 Å². The van der Waals surface area contributed by atoms with E-state index in [9.17, 15) is 4.79 Å². The first kappa shape index (κ1) is 11.0. The van der Waals surface area contributed by atoms with Crippen molar-refractivity contribution in [1.82, 2.24) is 0 Å². The van der Waals surface area contributed by atoms with Crippen molar-refractivity contribution in [2.24, 2.45) is 5.73 Å². The third-order valence-electron chi connectivity index (χ3n) is 1.27. The molecule has 1 aromatic carbocycles. The van der Waals surface area contributed by atoms with Gasteiger partial charge in [0.05, 0.1) is 0 Å². The summed E-state index contributed by atoms with van der Waals surface area (Å²) < 4.78 is 3.29. The van der Waals surface area contributed by atoms with Gasteiger partial charge in [0.25, 0.3) is 0 Å². The van der Waals surface area contributed by atoms with Crippen LogP contribution in [-0.4, -0.2) is 5.91 Å². The van der Waals surface area contributed by atoms with Gasteiger partial charge in [0.1, 0.15) is 0 Å². The Balaban J connectivity index is 3.31. The lowest BCUT2D eigenvalue weighted by molar-refractivity contribution is 0.1000. The summed E-state index contributed by atoms with van der Waals surface area (Å²) in [5, 5.41) is 0. The molecule has 2 nitrogen and oxygen atoms in total. The van der Waals surface area contributed by atoms with E-state index in [4.69, 9.17) is 5.73 Å². The van der Waals surface area contributed by atoms with Gasteiger partial charge >= 0.3 is 0 Å². The minimum atomic E-state index is -0.373. The second-order valence-electron chi connectivity index (χ2n) is 2.12. The number of hydrogen-bond acceptors (Lipinski definition) is 1. The summed E-state index contributed by atoms with van der Waals surface area (Å²) in [5.74, 6) is -0.373. The highest BCUT2D eigenvalue weighted by molar-refractivity contribution is 14.1. The summed E-state index contributed by atoms with van der Waals surface area (Å²) in [7, 11) is 0. The van der Waals surface area contributed by atoms with Crippen molar-refractivity contribution in [1.29, 1.82) is 0 Å². The largest absolute Gasteiger partial charge is 0.366 e. The van der Waals surface area contributed by atoms with Gasteiger partial charge in [-0.2, -0.15) is 0 Å². The maximum Gasteiger partial charge on any atom is 0.248 e. The molecule has 1 rings (SSSR count). The lowest BCUT2D eigenvalue weighted by atomic mass is 10.2. The standard InChI is InChI=1S/C7H4I3NO/c8-4-1-3(7(11)12)2-5(9)6(4)10/h1-2H,(H2,11,12). The molecule has 0 unspecified atom stereocenters. The van der Waals surface area contributed by atoms with Crippen LogP contribution in [0.1, 0.15) is 10.4 Å². The molecule has 0 aliphatic rings. The Hall–Kier alpha value is 0.880. The second-order valence-corrected chi connectivity index (χ2v) is 5.52. The van der Waals surface area contributed by atoms with Crippen LogP contribution in [0.4, 0.5) is 0 Å². The maximum absolute atomic E-state index is 10.8. The van der Waals surface area contributed by atoms with Crippen molar-refractivity contribution in [3.8, 4) is 0 Å². The third kappa shape index (κ3) is 2.44. The number of amides is 1. The third-order valence-corrected chi connectivity index (χ3v) is 6.20. The number of carbonyl (C=O) groups is 1. The van der Waals surface area contributed by atoms with Crippen LogP contribution in [0.15, 0.2) is 12.1 Å². The number of carbonyl (C=O) groups excluding carboxylic acids is 1. The van der Waals surface area contributed by atoms with Gasteiger partial charge in [0.15, 0.2) is 0 Å². The SMILES string of the molecule is NC(=O)c1cc(I)c(I)c(I)c1. The normalized spacial score (nSPS) is 9.92. The van der Waals surface area contributed by atoms with Crippen molar-refractivity contribution in [2.75, 3.05) is 0 Å². The molecule has 1 amide bonds. The minimum absolute atomic E-state index is 0.373. The summed E-state index contributed by atoms with van der Waals surface area (Å²) in [4.78, 5) is 10.8. The van der Waals surface area contributed by atoms with Gasteiger partial charge in [-0.3, -0.25) is 4.79 Å². The summed E-state index contributed by atoms with van der Waals surface area (Å²) in [6.45, 7) is 0. The molecule has 0 atom stereocenters. The number of primary amides is 1. The van der Waals surface area contributed by atoms with E-state index in [1.165, 1.54) is 3.57 Å². The van der Waals surface area contributed by atoms with Gasteiger partial charge in [0, 0.05) is 16.3 Å². The molecular formula is C7H4I3NO. The van der Waals surface area contributed by atoms with E-state index in [-0.39, 0.29) is 5.91 Å². The highest BCUT2D eigenvalue weighted by Gasteiger charge is 2.07. The zero-order valence-electron chi connectivity index (χ0n) is 5.77. The molecule has 0 bridgehead atoms. The van der Waals surface area contributed by atoms with Gasteiger partial charge in [-0.15, -0.1) is 0 Å². The average Bonchev–Trinajstić information content (AvgIpc) is 1.99. The molecule has 0 spiro atoms. The van der Waals surface area contributed by atoms with Crippen LogP contribution in [0.5, 0.6) is 0 Å². The van der Waals surface area contributed by atoms with Gasteiger partial charge in [-0.05, 0) is 79.9 Å². The zero-order valence-corrected chi connectivity index (χ0v) is 12.2. The molecule has 0 radical (unpaired) electrons. The minimum Gasteiger partial charge on any atom is -0.366 e. The first-order chi connectivity index (χ1) is 5.52. The van der Waals surface area contributed by atoms with E-state index >= 15 is 0 Å². The second kappa shape index (κ2) is 4.40. The van der Waals surface area contributed by atoms with Crippen LogP contribution < -0.4 is 5.73 Å². The van der Waals surface area contributed by atoms with Crippen LogP contribution >= 0.6 is 67.8 Å². The Bertz CT molecular complexity index is 314. The van der Waals surface area contributed by atoms with Crippen LogP contribution in [-0.2, 0) is 0 Å². The summed E-state index contributed by atoms with van der Waals surface area (Å²) >= 11 is 6.62. The summed E-state index contributed by atoms with van der Waals surface area (Å²) in [6.07, 6.45) is 0. The fourth-order valence-electron chi connectivity index (χ4n) is 0.698. The Morgan fingerprint density at radius 1 is 1.17 bits per heavy atom. The molecular weight excluding hydrogens is 495 g/mol. The molecule has 0 aliphatic heterocycles. The number of rotatable bonds is 1. The highest BCUT2D eigenvalue weighted by Crippen LogP contribution is 2.22. The van der Waals surface area contributed by atoms with Crippen molar-refractivity contribution in [3.63, 3.8) is 0 Å². The molecule has 12 heavy (non-hydrogen) atoms. The average molecular weight is 499 g/mol. The number of benzene rings is 1. The van der Waals surface area contributed by atoms with E-state index in [1.807, 2.05) is 0 Å². The number of hydrogen-bond donors (Lipinski definition) is 1. The van der Waals surface area contributed by atoms with Gasteiger partial charge in [0.2, 0.25) is 5.91 Å². The molecule has 5 heteroatoms. The molecule has 0 aromatic heterocycles. The van der Waals surface area contributed by atoms with Gasteiger partial charge < -0.3 is 5.73 Å². The topological polar surface area (TPSA) is 43.1 Å². The van der Waals surface area contributed by atoms with Crippen molar-refractivity contribution >= 4 is 73.7 Å². The molecule has 2 N–H and O–H groups in total. The molecule has 1 aromatic rings. The molecule has 0 aliphatic carbocycles. The van der Waals surface area contributed by atoms with Crippen molar-refractivity contribution in [3.05, 3.63) is 28.4 Å². The van der Waals surface area contributed by atoms with E-state index in [1.54, 1.807) is 12.1 Å². The Kier molecular flexibility index (Phi) is 4.02. The van der Waals surface area contributed by atoms with E-state index < -0.39 is 0 Å². The lowest BCUT2D eigenvalue weighted by Crippen LogP contribution is -2.11. The highest BCUT2D eigenvalue weighted by atomic mass is 127. The van der Waals surface area contributed by atoms with E-state index in [0.29, 0.717) is 5.56 Å². The molecule has 64 valence electrons. The van der Waals surface area contributed by atoms with Crippen molar-refractivity contribution in [2.45, 2.75) is 0 Å². The van der Waals surface area contributed by atoms with Crippen LogP contribution in [0, 0.1) is 10.7 Å². The smallest absolute Gasteiger partial charge is 0.248 e. The summed E-state index contributed by atoms with van der Waals surface area (Å²) in [6, 6.07) is 3.60. The Morgan fingerprint density at radius 3 is 1.92 bits per heavy atom. The molecule has 0 heterocycles. The zero-order chi connectivity index (χ0) is 9.30. The first-order valence-corrected chi connectivity index (χ1v) is 6.20. The predicted molar refractivity (Wildman–Crippen MR) is 73.1 cm³/mol. The van der Waals surface area contributed by atoms with E-state index in [2.05, 4.69) is 67.8 Å². The molecule has 0 saturated heterocycles. The van der Waals surface area contributed by atoms with Crippen LogP contribution in [0.3, 0.4) is 0 Å². The number of halogens is 3. The maximum atomic E-state index is 10.8. The fraction of sp³-hybridized carbons (Fsp3) is 0. The Morgan fingerprint density at radius 2 is 1.58 bits per heavy atom. The quantitative estimate of drug-likeness (QED) is 0.469. The van der Waals surface area contributed by atoms with Gasteiger partial charge in [-0.1, -0.05) is 0 Å². The lowest BCUT2D eigenvalue weighted by Gasteiger charge is -2.02. The first-order valence-electron chi connectivity index (χ1n) is 2.96. The fourth-order valence-corrected chi connectivity index (χ4v) is 2.78. The number of nitrogens with two attached hydrogens (primary N) is 1. The summed E-state index contributed by atoms with van der Waals surface area (Å²) in [5.41, 5.74) is 5.73. The van der Waals surface area contributed by atoms with E-state index in [0.717, 1.165) is 7.14 Å². The molecule has 0 saturated carbocycles. The predicted octanol–water partition coefficient (Wildman–Crippen LogP) is 2.60. The van der Waals surface area contributed by atoms with Crippen LogP contribution in [0.2, 0.25) is 0 Å². The monoisotopic (exact) mass is 499 g/mol. The Labute approximate surface area is 111 Å². The van der Waals surface area contributed by atoms with Crippen molar-refractivity contribution < 1.29 is 4.79 Å².